The molecule has 1 aliphatic rings. The van der Waals surface area contributed by atoms with Gasteiger partial charge in [-0.25, -0.2) is 18.6 Å². The highest BCUT2D eigenvalue weighted by Gasteiger charge is 2.46. The fourth-order valence-corrected chi connectivity index (χ4v) is 2.52. The molecule has 1 fully saturated rings. The number of carbonyl (C=O) groups is 1. The van der Waals surface area contributed by atoms with Crippen molar-refractivity contribution in [3.8, 4) is 0 Å². The summed E-state index contributed by atoms with van der Waals surface area (Å²) in [6, 6.07) is 3.64. The molecule has 1 aliphatic heterocycles. The molecule has 0 radical (unpaired) electrons. The number of aryl methyl sites for hydroxylation is 1. The number of alkyl halides is 2. The minimum Gasteiger partial charge on any atom is -0.444 e. The molecule has 1 unspecified atom stereocenters. The van der Waals surface area contributed by atoms with E-state index in [2.05, 4.69) is 10.3 Å². The second kappa shape index (κ2) is 6.91. The van der Waals surface area contributed by atoms with Crippen LogP contribution in [0.5, 0.6) is 0 Å². The zero-order valence-corrected chi connectivity index (χ0v) is 14.6. The summed E-state index contributed by atoms with van der Waals surface area (Å²) in [4.78, 5) is 17.2. The molecular formula is C17H25F2N3O2. The normalized spacial score (nSPS) is 20.6. The number of halogens is 2. The summed E-state index contributed by atoms with van der Waals surface area (Å²) in [6.07, 6.45) is 1.21. The molecule has 0 bridgehead atoms. The number of pyridine rings is 1. The van der Waals surface area contributed by atoms with Gasteiger partial charge in [-0.2, -0.15) is 0 Å². The molecule has 0 aliphatic carbocycles. The van der Waals surface area contributed by atoms with Gasteiger partial charge in [0.15, 0.2) is 0 Å². The third-order valence-corrected chi connectivity index (χ3v) is 3.84. The lowest BCUT2D eigenvalue weighted by molar-refractivity contribution is -0.106. The summed E-state index contributed by atoms with van der Waals surface area (Å²) in [6.45, 7) is 6.83. The zero-order valence-electron chi connectivity index (χ0n) is 14.6. The van der Waals surface area contributed by atoms with E-state index in [0.717, 1.165) is 10.5 Å². The predicted molar refractivity (Wildman–Crippen MR) is 88.3 cm³/mol. The summed E-state index contributed by atoms with van der Waals surface area (Å²) >= 11 is 0. The summed E-state index contributed by atoms with van der Waals surface area (Å²) in [5.41, 5.74) is 0.318. The smallest absolute Gasteiger partial charge is 0.410 e. The third-order valence-electron chi connectivity index (χ3n) is 3.84. The molecule has 0 spiro atoms. The van der Waals surface area contributed by atoms with Crippen LogP contribution in [0.15, 0.2) is 18.3 Å². The van der Waals surface area contributed by atoms with Crippen LogP contribution in [0.2, 0.25) is 0 Å². The largest absolute Gasteiger partial charge is 0.444 e. The Labute approximate surface area is 141 Å². The van der Waals surface area contributed by atoms with Crippen LogP contribution in [0.1, 0.15) is 32.8 Å². The maximum atomic E-state index is 14.4. The van der Waals surface area contributed by atoms with Gasteiger partial charge in [-0.05, 0) is 45.7 Å². The van der Waals surface area contributed by atoms with Crippen LogP contribution in [0.25, 0.3) is 0 Å². The van der Waals surface area contributed by atoms with E-state index in [1.165, 1.54) is 0 Å². The molecule has 24 heavy (non-hydrogen) atoms. The van der Waals surface area contributed by atoms with Crippen LogP contribution in [0.4, 0.5) is 19.4 Å². The number of carbonyl (C=O) groups excluding carboxylic acids is 1. The molecule has 5 nitrogen and oxygen atoms in total. The number of nitrogens with one attached hydrogen (secondary N) is 1. The van der Waals surface area contributed by atoms with Gasteiger partial charge in [-0.15, -0.1) is 0 Å². The lowest BCUT2D eigenvalue weighted by Gasteiger charge is -2.38. The number of piperidine rings is 1. The summed E-state index contributed by atoms with van der Waals surface area (Å²) < 4.78 is 33.9. The highest BCUT2D eigenvalue weighted by Crippen LogP contribution is 2.33. The van der Waals surface area contributed by atoms with E-state index < -0.39 is 30.1 Å². The van der Waals surface area contributed by atoms with Crippen molar-refractivity contribution in [2.24, 2.45) is 5.92 Å². The minimum atomic E-state index is -2.97. The van der Waals surface area contributed by atoms with Crippen molar-refractivity contribution >= 4 is 11.9 Å². The Balaban J connectivity index is 1.91. The van der Waals surface area contributed by atoms with Gasteiger partial charge in [-0.1, -0.05) is 6.07 Å². The van der Waals surface area contributed by atoms with Crippen molar-refractivity contribution in [3.63, 3.8) is 0 Å². The van der Waals surface area contributed by atoms with Crippen molar-refractivity contribution in [2.45, 2.75) is 45.6 Å². The number of rotatable bonds is 3. The summed E-state index contributed by atoms with van der Waals surface area (Å²) in [5, 5.41) is 2.95. The fraction of sp³-hybridized carbons (Fsp3) is 0.647. The van der Waals surface area contributed by atoms with Gasteiger partial charge >= 0.3 is 6.09 Å². The molecular weight excluding hydrogens is 316 g/mol. The number of hydrogen-bond acceptors (Lipinski definition) is 4. The first-order valence-corrected chi connectivity index (χ1v) is 8.09. The van der Waals surface area contributed by atoms with Crippen molar-refractivity contribution in [1.29, 1.82) is 0 Å². The summed E-state index contributed by atoms with van der Waals surface area (Å²) in [5.74, 6) is -3.24. The van der Waals surface area contributed by atoms with E-state index >= 15 is 0 Å². The van der Waals surface area contributed by atoms with E-state index in [0.29, 0.717) is 5.82 Å². The molecule has 7 heteroatoms. The lowest BCUT2D eigenvalue weighted by Crippen LogP contribution is -2.53. The number of aromatic nitrogens is 1. The molecule has 1 N–H and O–H groups in total. The number of nitrogens with zero attached hydrogens (tertiary/aromatic N) is 2. The molecule has 2 heterocycles. The first kappa shape index (κ1) is 18.4. The van der Waals surface area contributed by atoms with Gasteiger partial charge in [0.2, 0.25) is 0 Å². The Morgan fingerprint density at radius 3 is 2.71 bits per heavy atom. The van der Waals surface area contributed by atoms with Crippen LogP contribution in [0, 0.1) is 12.8 Å². The first-order valence-electron chi connectivity index (χ1n) is 8.09. The minimum absolute atomic E-state index is 0.116. The molecule has 1 saturated heterocycles. The Kier molecular flexibility index (Phi) is 5.30. The van der Waals surface area contributed by atoms with Crippen LogP contribution < -0.4 is 5.32 Å². The Morgan fingerprint density at radius 2 is 2.17 bits per heavy atom. The number of ether oxygens (including phenoxy) is 1. The van der Waals surface area contributed by atoms with Gasteiger partial charge < -0.3 is 15.0 Å². The summed E-state index contributed by atoms with van der Waals surface area (Å²) in [7, 11) is 0. The number of anilines is 1. The fourth-order valence-electron chi connectivity index (χ4n) is 2.52. The van der Waals surface area contributed by atoms with Crippen LogP contribution in [-0.2, 0) is 4.74 Å². The molecule has 1 atom stereocenters. The average molecular weight is 341 g/mol. The maximum absolute atomic E-state index is 14.4. The first-order chi connectivity index (χ1) is 11.1. The van der Waals surface area contributed by atoms with Gasteiger partial charge in [-0.3, -0.25) is 0 Å². The Hall–Kier alpha value is -1.92. The lowest BCUT2D eigenvalue weighted by atomic mass is 9.93. The highest BCUT2D eigenvalue weighted by molar-refractivity contribution is 5.68. The highest BCUT2D eigenvalue weighted by atomic mass is 19.3. The van der Waals surface area contributed by atoms with Crippen LogP contribution in [-0.4, -0.2) is 47.1 Å². The van der Waals surface area contributed by atoms with Gasteiger partial charge in [0.25, 0.3) is 5.92 Å². The molecule has 1 amide bonds. The molecule has 1 aromatic rings. The van der Waals surface area contributed by atoms with Crippen LogP contribution >= 0.6 is 0 Å². The van der Waals surface area contributed by atoms with Crippen LogP contribution in [0.3, 0.4) is 0 Å². The van der Waals surface area contributed by atoms with Crippen molar-refractivity contribution in [2.75, 3.05) is 25.0 Å². The number of hydrogen-bond donors (Lipinski definition) is 1. The molecule has 0 aromatic carbocycles. The Bertz CT molecular complexity index is 570. The maximum Gasteiger partial charge on any atom is 0.410 e. The van der Waals surface area contributed by atoms with E-state index in [1.807, 2.05) is 13.0 Å². The van der Waals surface area contributed by atoms with Gasteiger partial charge in [0.1, 0.15) is 11.4 Å². The van der Waals surface area contributed by atoms with E-state index in [9.17, 15) is 13.6 Å². The van der Waals surface area contributed by atoms with Crippen molar-refractivity contribution < 1.29 is 18.3 Å². The van der Waals surface area contributed by atoms with E-state index in [-0.39, 0.29) is 19.5 Å². The van der Waals surface area contributed by atoms with Crippen molar-refractivity contribution in [1.82, 2.24) is 9.88 Å². The number of amides is 1. The molecule has 134 valence electrons. The third kappa shape index (κ3) is 5.04. The Morgan fingerprint density at radius 1 is 1.46 bits per heavy atom. The molecule has 0 saturated carbocycles. The topological polar surface area (TPSA) is 54.5 Å². The zero-order chi connectivity index (χ0) is 18.0. The van der Waals surface area contributed by atoms with E-state index in [4.69, 9.17) is 4.74 Å². The monoisotopic (exact) mass is 341 g/mol. The second-order valence-electron chi connectivity index (χ2n) is 7.25. The molecule has 2 rings (SSSR count). The van der Waals surface area contributed by atoms with Gasteiger partial charge in [0.05, 0.1) is 6.54 Å². The molecule has 1 aromatic heterocycles. The predicted octanol–water partition coefficient (Wildman–Crippen LogP) is 3.69. The van der Waals surface area contributed by atoms with E-state index in [1.54, 1.807) is 33.0 Å². The SMILES string of the molecule is Cc1ccc(NCC2CCN(C(=O)OC(C)(C)C)CC2(F)F)nc1. The average Bonchev–Trinajstić information content (AvgIpc) is 2.45. The van der Waals surface area contributed by atoms with Crippen molar-refractivity contribution in [3.05, 3.63) is 23.9 Å². The number of likely N-dealkylation sites (tertiary alicyclic amines) is 1. The quantitative estimate of drug-likeness (QED) is 0.911. The second-order valence-corrected chi connectivity index (χ2v) is 7.25. The van der Waals surface area contributed by atoms with Gasteiger partial charge in [0, 0.05) is 25.2 Å². The standard InChI is InChI=1S/C17H25F2N3O2/c1-12-5-6-14(20-9-12)21-10-13-7-8-22(11-17(13,18)19)15(23)24-16(2,3)4/h5-6,9,13H,7-8,10-11H2,1-4H3,(H,20,21).